The highest BCUT2D eigenvalue weighted by atomic mass is 16.1. The zero-order valence-corrected chi connectivity index (χ0v) is 11.0. The van der Waals surface area contributed by atoms with Crippen molar-refractivity contribution in [2.45, 2.75) is 58.3 Å². The van der Waals surface area contributed by atoms with E-state index >= 15 is 0 Å². The second-order valence-corrected chi connectivity index (χ2v) is 4.23. The van der Waals surface area contributed by atoms with Gasteiger partial charge in [0, 0.05) is 6.08 Å². The van der Waals surface area contributed by atoms with Crippen LogP contribution in [0.1, 0.15) is 58.3 Å². The molecule has 0 rings (SSSR count). The molecule has 0 aliphatic rings. The van der Waals surface area contributed by atoms with Gasteiger partial charge in [0.1, 0.15) is 17.8 Å². The first kappa shape index (κ1) is 16.4. The summed E-state index contributed by atoms with van der Waals surface area (Å²) in [5.74, 6) is 4.76. The van der Waals surface area contributed by atoms with E-state index < -0.39 is 0 Å². The molecule has 0 aliphatic heterocycles. The van der Waals surface area contributed by atoms with Crippen LogP contribution in [0.25, 0.3) is 0 Å². The lowest BCUT2D eigenvalue weighted by Crippen LogP contribution is -1.91. The van der Waals surface area contributed by atoms with Gasteiger partial charge in [0.2, 0.25) is 0 Å². The SMILES string of the molecule is CCCCCCCCCC(=C=O)C(=C=O)C=C=O. The molecule has 0 saturated heterocycles. The summed E-state index contributed by atoms with van der Waals surface area (Å²) in [6.07, 6.45) is 9.34. The molecule has 0 aromatic carbocycles. The second-order valence-electron chi connectivity index (χ2n) is 4.23. The molecule has 0 heterocycles. The van der Waals surface area contributed by atoms with Crippen LogP contribution in [0.3, 0.4) is 0 Å². The van der Waals surface area contributed by atoms with Gasteiger partial charge in [-0.1, -0.05) is 45.4 Å². The number of carbonyl (C=O) groups excluding carboxylic acids is 3. The van der Waals surface area contributed by atoms with E-state index in [1.807, 2.05) is 0 Å². The van der Waals surface area contributed by atoms with Crippen molar-refractivity contribution in [2.24, 2.45) is 0 Å². The minimum absolute atomic E-state index is 0.0222. The molecule has 0 fully saturated rings. The van der Waals surface area contributed by atoms with E-state index in [0.717, 1.165) is 25.3 Å². The highest BCUT2D eigenvalue weighted by Gasteiger charge is 2.05. The fourth-order valence-corrected chi connectivity index (χ4v) is 1.74. The molecular formula is C15H20O3. The normalized spacial score (nSPS) is 8.94. The Labute approximate surface area is 108 Å². The van der Waals surface area contributed by atoms with Gasteiger partial charge in [0.15, 0.2) is 0 Å². The van der Waals surface area contributed by atoms with Crippen molar-refractivity contribution in [1.29, 1.82) is 0 Å². The Morgan fingerprint density at radius 1 is 0.889 bits per heavy atom. The molecule has 0 spiro atoms. The topological polar surface area (TPSA) is 51.2 Å². The van der Waals surface area contributed by atoms with Crippen molar-refractivity contribution in [3.05, 3.63) is 17.2 Å². The van der Waals surface area contributed by atoms with Crippen LogP contribution in [0.15, 0.2) is 17.2 Å². The standard InChI is InChI=1S/C15H20O3/c1-2-3-4-5-6-7-8-9-14(12-17)15(13-18)10-11-16/h10H,2-9H2,1H3. The number of rotatable bonds is 10. The fraction of sp³-hybridized carbons (Fsp3) is 0.600. The van der Waals surface area contributed by atoms with Gasteiger partial charge in [-0.2, -0.15) is 0 Å². The Bertz CT molecular complexity index is 377. The van der Waals surface area contributed by atoms with Gasteiger partial charge in [-0.25, -0.2) is 14.4 Å². The first-order valence-electron chi connectivity index (χ1n) is 6.50. The Morgan fingerprint density at radius 3 is 2.00 bits per heavy atom. The Morgan fingerprint density at radius 2 is 1.50 bits per heavy atom. The van der Waals surface area contributed by atoms with Gasteiger partial charge in [0.05, 0.1) is 11.1 Å². The smallest absolute Gasteiger partial charge is 0.134 e. The maximum absolute atomic E-state index is 10.7. The summed E-state index contributed by atoms with van der Waals surface area (Å²) in [4.78, 5) is 31.4. The van der Waals surface area contributed by atoms with E-state index in [1.165, 1.54) is 31.6 Å². The van der Waals surface area contributed by atoms with Gasteiger partial charge < -0.3 is 0 Å². The summed E-state index contributed by atoms with van der Waals surface area (Å²) >= 11 is 0. The van der Waals surface area contributed by atoms with Gasteiger partial charge in [0.25, 0.3) is 0 Å². The molecule has 0 bridgehead atoms. The molecule has 0 aromatic rings. The van der Waals surface area contributed by atoms with Crippen LogP contribution >= 0.6 is 0 Å². The lowest BCUT2D eigenvalue weighted by atomic mass is 10.0. The Kier molecular flexibility index (Phi) is 10.7. The van der Waals surface area contributed by atoms with Gasteiger partial charge in [-0.05, 0) is 12.8 Å². The van der Waals surface area contributed by atoms with Crippen molar-refractivity contribution < 1.29 is 14.4 Å². The van der Waals surface area contributed by atoms with Crippen molar-refractivity contribution >= 4 is 17.8 Å². The number of hydrogen-bond acceptors (Lipinski definition) is 3. The molecule has 0 aromatic heterocycles. The largest absolute Gasteiger partial charge is 0.233 e. The summed E-state index contributed by atoms with van der Waals surface area (Å²) in [6.45, 7) is 2.18. The number of unbranched alkanes of at least 4 members (excludes halogenated alkanes) is 6. The first-order valence-corrected chi connectivity index (χ1v) is 6.50. The minimum Gasteiger partial charge on any atom is -0.233 e. The van der Waals surface area contributed by atoms with Crippen LogP contribution in [-0.2, 0) is 14.4 Å². The molecule has 18 heavy (non-hydrogen) atoms. The zero-order chi connectivity index (χ0) is 13.6. The van der Waals surface area contributed by atoms with Crippen LogP contribution in [0.2, 0.25) is 0 Å². The van der Waals surface area contributed by atoms with Crippen LogP contribution in [0.5, 0.6) is 0 Å². The average molecular weight is 248 g/mol. The van der Waals surface area contributed by atoms with Crippen LogP contribution < -0.4 is 0 Å². The van der Waals surface area contributed by atoms with E-state index in [0.29, 0.717) is 6.42 Å². The highest BCUT2D eigenvalue weighted by Crippen LogP contribution is 2.15. The third kappa shape index (κ3) is 7.60. The summed E-state index contributed by atoms with van der Waals surface area (Å²) in [5, 5.41) is 0. The van der Waals surface area contributed by atoms with E-state index in [1.54, 1.807) is 11.9 Å². The monoisotopic (exact) mass is 248 g/mol. The molecule has 3 nitrogen and oxygen atoms in total. The van der Waals surface area contributed by atoms with Gasteiger partial charge >= 0.3 is 0 Å². The van der Waals surface area contributed by atoms with Crippen molar-refractivity contribution in [3.63, 3.8) is 0 Å². The molecule has 0 atom stereocenters. The van der Waals surface area contributed by atoms with Crippen molar-refractivity contribution in [1.82, 2.24) is 0 Å². The maximum atomic E-state index is 10.7. The average Bonchev–Trinajstić information content (AvgIpc) is 2.40. The van der Waals surface area contributed by atoms with Crippen LogP contribution in [0, 0.1) is 0 Å². The highest BCUT2D eigenvalue weighted by molar-refractivity contribution is 5.78. The second kappa shape index (κ2) is 11.8. The predicted octanol–water partition coefficient (Wildman–Crippen LogP) is 3.03. The first-order chi connectivity index (χ1) is 8.79. The van der Waals surface area contributed by atoms with Crippen molar-refractivity contribution in [2.75, 3.05) is 0 Å². The lowest BCUT2D eigenvalue weighted by molar-refractivity contribution is 0.560. The summed E-state index contributed by atoms with van der Waals surface area (Å²) in [5.41, 5.74) is 0.202. The molecule has 0 N–H and O–H groups in total. The van der Waals surface area contributed by atoms with E-state index in [4.69, 9.17) is 0 Å². The fourth-order valence-electron chi connectivity index (χ4n) is 1.74. The molecule has 3 heteroatoms. The van der Waals surface area contributed by atoms with Crippen LogP contribution in [0.4, 0.5) is 0 Å². The summed E-state index contributed by atoms with van der Waals surface area (Å²) in [7, 11) is 0. The van der Waals surface area contributed by atoms with E-state index in [-0.39, 0.29) is 11.1 Å². The Balaban J connectivity index is 3.93. The van der Waals surface area contributed by atoms with E-state index in [9.17, 15) is 14.4 Å². The third-order valence-corrected chi connectivity index (χ3v) is 2.79. The quantitative estimate of drug-likeness (QED) is 0.339. The van der Waals surface area contributed by atoms with Gasteiger partial charge in [-0.3, -0.25) is 0 Å². The summed E-state index contributed by atoms with van der Waals surface area (Å²) < 4.78 is 0. The molecule has 98 valence electrons. The minimum atomic E-state index is -0.0222. The molecule has 0 aliphatic carbocycles. The number of allylic oxidation sites excluding steroid dienone is 3. The lowest BCUT2D eigenvalue weighted by Gasteiger charge is -2.01. The van der Waals surface area contributed by atoms with Gasteiger partial charge in [-0.15, -0.1) is 0 Å². The molecule has 0 amide bonds. The molecule has 0 radical (unpaired) electrons. The number of hydrogen-bond donors (Lipinski definition) is 0. The third-order valence-electron chi connectivity index (χ3n) is 2.79. The van der Waals surface area contributed by atoms with Crippen molar-refractivity contribution in [3.8, 4) is 0 Å². The predicted molar refractivity (Wildman–Crippen MR) is 71.3 cm³/mol. The summed E-state index contributed by atoms with van der Waals surface area (Å²) in [6, 6.07) is 0. The maximum Gasteiger partial charge on any atom is 0.134 e. The zero-order valence-electron chi connectivity index (χ0n) is 11.0. The van der Waals surface area contributed by atoms with Crippen LogP contribution in [-0.4, -0.2) is 17.8 Å². The molecule has 0 unspecified atom stereocenters. The molecule has 0 saturated carbocycles. The Hall–Kier alpha value is -1.65. The van der Waals surface area contributed by atoms with E-state index in [2.05, 4.69) is 6.92 Å². The molecular weight excluding hydrogens is 228 g/mol.